The first kappa shape index (κ1) is 20.9. The van der Waals surface area contributed by atoms with Crippen LogP contribution in [-0.4, -0.2) is 30.9 Å². The second kappa shape index (κ2) is 9.16. The molecule has 126 valence electrons. The summed E-state index contributed by atoms with van der Waals surface area (Å²) in [5.41, 5.74) is 8.27. The Hall–Kier alpha value is -1.06. The van der Waals surface area contributed by atoms with Crippen molar-refractivity contribution in [2.45, 2.75) is 46.5 Å². The Morgan fingerprint density at radius 1 is 1.27 bits per heavy atom. The monoisotopic (exact) mass is 326 g/mol. The van der Waals surface area contributed by atoms with Gasteiger partial charge in [0.1, 0.15) is 0 Å². The Kier molecular flexibility index (Phi) is 8.72. The number of aryl methyl sites for hydroxylation is 1. The summed E-state index contributed by atoms with van der Waals surface area (Å²) in [5.74, 6) is 0.426. The molecule has 0 saturated heterocycles. The van der Waals surface area contributed by atoms with Crippen molar-refractivity contribution in [2.24, 2.45) is 11.1 Å². The van der Waals surface area contributed by atoms with Crippen LogP contribution in [0.25, 0.3) is 0 Å². The zero-order valence-corrected chi connectivity index (χ0v) is 15.4. The molecule has 0 aliphatic carbocycles. The highest BCUT2D eigenvalue weighted by Crippen LogP contribution is 2.22. The fourth-order valence-electron chi connectivity index (χ4n) is 2.41. The maximum Gasteiger partial charge on any atom is 0.222 e. The maximum absolute atomic E-state index is 12.3. The summed E-state index contributed by atoms with van der Waals surface area (Å²) in [6.07, 6.45) is 1.59. The maximum atomic E-state index is 12.3. The second-order valence-corrected chi connectivity index (χ2v) is 6.82. The Morgan fingerprint density at radius 3 is 2.27 bits per heavy atom. The number of carbonyl (C=O) groups excluding carboxylic acids is 1. The van der Waals surface area contributed by atoms with Gasteiger partial charge in [0.15, 0.2) is 0 Å². The van der Waals surface area contributed by atoms with Crippen molar-refractivity contribution in [3.63, 3.8) is 0 Å². The number of nitrogens with two attached hydrogens (primary N) is 1. The van der Waals surface area contributed by atoms with Crippen molar-refractivity contribution in [2.75, 3.05) is 20.1 Å². The van der Waals surface area contributed by atoms with E-state index in [1.165, 1.54) is 11.1 Å². The van der Waals surface area contributed by atoms with E-state index in [4.69, 9.17) is 5.73 Å². The van der Waals surface area contributed by atoms with E-state index in [1.807, 2.05) is 11.9 Å². The highest BCUT2D eigenvalue weighted by molar-refractivity contribution is 5.85. The molecule has 1 atom stereocenters. The molecule has 1 aromatic carbocycles. The summed E-state index contributed by atoms with van der Waals surface area (Å²) >= 11 is 0. The number of carbonyl (C=O) groups is 1. The summed E-state index contributed by atoms with van der Waals surface area (Å²) in [5, 5.41) is 0. The first-order chi connectivity index (χ1) is 9.79. The van der Waals surface area contributed by atoms with Gasteiger partial charge in [-0.15, -0.1) is 12.4 Å². The van der Waals surface area contributed by atoms with Crippen molar-refractivity contribution in [1.82, 2.24) is 4.90 Å². The molecule has 0 aromatic heterocycles. The summed E-state index contributed by atoms with van der Waals surface area (Å²) in [6.45, 7) is 9.72. The molecular formula is C18H31ClN2O. The van der Waals surface area contributed by atoms with Gasteiger partial charge in [-0.05, 0) is 35.4 Å². The minimum Gasteiger partial charge on any atom is -0.345 e. The topological polar surface area (TPSA) is 46.3 Å². The summed E-state index contributed by atoms with van der Waals surface area (Å²) in [6, 6.07) is 8.58. The van der Waals surface area contributed by atoms with Gasteiger partial charge in [0.05, 0.1) is 0 Å². The molecule has 1 amide bonds. The van der Waals surface area contributed by atoms with E-state index < -0.39 is 0 Å². The Balaban J connectivity index is 0.00000441. The molecule has 2 N–H and O–H groups in total. The first-order valence-electron chi connectivity index (χ1n) is 7.82. The van der Waals surface area contributed by atoms with Gasteiger partial charge in [-0.25, -0.2) is 0 Å². The normalized spacial score (nSPS) is 12.5. The molecule has 0 bridgehead atoms. The second-order valence-electron chi connectivity index (χ2n) is 6.82. The molecule has 3 nitrogen and oxygen atoms in total. The minimum atomic E-state index is -0.0313. The number of nitrogens with zero attached hydrogens (tertiary/aromatic N) is 1. The molecule has 1 rings (SSSR count). The predicted octanol–water partition coefficient (Wildman–Crippen LogP) is 3.61. The van der Waals surface area contributed by atoms with Crippen LogP contribution in [0.2, 0.25) is 0 Å². The van der Waals surface area contributed by atoms with E-state index in [0.717, 1.165) is 6.42 Å². The van der Waals surface area contributed by atoms with E-state index in [1.54, 1.807) is 0 Å². The molecule has 0 heterocycles. The summed E-state index contributed by atoms with van der Waals surface area (Å²) in [7, 11) is 1.87. The standard InChI is InChI=1S/C18H30N2O.ClH/c1-6-15-7-9-16(10-8-15)14(2)11-17(21)20(5)13-18(3,4)12-19;/h7-10,14H,6,11-13,19H2,1-5H3;1H. The number of halogens is 1. The van der Waals surface area contributed by atoms with Gasteiger partial charge in [-0.1, -0.05) is 52.0 Å². The number of hydrogen-bond acceptors (Lipinski definition) is 2. The summed E-state index contributed by atoms with van der Waals surface area (Å²) in [4.78, 5) is 14.1. The van der Waals surface area contributed by atoms with E-state index in [9.17, 15) is 4.79 Å². The number of amides is 1. The number of rotatable bonds is 7. The molecule has 0 fully saturated rings. The van der Waals surface area contributed by atoms with Crippen LogP contribution in [-0.2, 0) is 11.2 Å². The minimum absolute atomic E-state index is 0. The van der Waals surface area contributed by atoms with Crippen LogP contribution < -0.4 is 5.73 Å². The Bertz CT molecular complexity index is 457. The van der Waals surface area contributed by atoms with Crippen LogP contribution in [0.15, 0.2) is 24.3 Å². The quantitative estimate of drug-likeness (QED) is 0.832. The molecule has 22 heavy (non-hydrogen) atoms. The lowest BCUT2D eigenvalue weighted by Crippen LogP contribution is -2.40. The van der Waals surface area contributed by atoms with Crippen LogP contribution >= 0.6 is 12.4 Å². The van der Waals surface area contributed by atoms with Gasteiger partial charge in [0.25, 0.3) is 0 Å². The molecular weight excluding hydrogens is 296 g/mol. The third-order valence-corrected chi connectivity index (χ3v) is 4.08. The fourth-order valence-corrected chi connectivity index (χ4v) is 2.41. The van der Waals surface area contributed by atoms with Crippen LogP contribution in [0.5, 0.6) is 0 Å². The van der Waals surface area contributed by atoms with Crippen molar-refractivity contribution < 1.29 is 4.79 Å². The van der Waals surface area contributed by atoms with Crippen LogP contribution in [0.4, 0.5) is 0 Å². The van der Waals surface area contributed by atoms with Gasteiger partial charge in [-0.3, -0.25) is 4.79 Å². The summed E-state index contributed by atoms with van der Waals surface area (Å²) < 4.78 is 0. The first-order valence-corrected chi connectivity index (χ1v) is 7.82. The molecule has 0 aliphatic rings. The molecule has 0 aliphatic heterocycles. The Morgan fingerprint density at radius 2 is 1.82 bits per heavy atom. The van der Waals surface area contributed by atoms with Crippen molar-refractivity contribution >= 4 is 18.3 Å². The Labute approximate surface area is 141 Å². The lowest BCUT2D eigenvalue weighted by atomic mass is 9.92. The van der Waals surface area contributed by atoms with E-state index in [2.05, 4.69) is 52.0 Å². The smallest absolute Gasteiger partial charge is 0.222 e. The van der Waals surface area contributed by atoms with E-state index >= 15 is 0 Å². The molecule has 0 spiro atoms. The van der Waals surface area contributed by atoms with Crippen LogP contribution in [0.1, 0.15) is 51.2 Å². The lowest BCUT2D eigenvalue weighted by molar-refractivity contribution is -0.131. The predicted molar refractivity (Wildman–Crippen MR) is 96.6 cm³/mol. The largest absolute Gasteiger partial charge is 0.345 e. The number of hydrogen-bond donors (Lipinski definition) is 1. The fraction of sp³-hybridized carbons (Fsp3) is 0.611. The third kappa shape index (κ3) is 6.37. The van der Waals surface area contributed by atoms with E-state index in [0.29, 0.717) is 19.5 Å². The highest BCUT2D eigenvalue weighted by atomic mass is 35.5. The van der Waals surface area contributed by atoms with E-state index in [-0.39, 0.29) is 29.6 Å². The van der Waals surface area contributed by atoms with Crippen molar-refractivity contribution in [3.05, 3.63) is 35.4 Å². The van der Waals surface area contributed by atoms with Crippen LogP contribution in [0, 0.1) is 5.41 Å². The van der Waals surface area contributed by atoms with Gasteiger partial charge >= 0.3 is 0 Å². The molecule has 1 aromatic rings. The molecule has 0 saturated carbocycles. The average Bonchev–Trinajstić information content (AvgIpc) is 2.46. The highest BCUT2D eigenvalue weighted by Gasteiger charge is 2.22. The van der Waals surface area contributed by atoms with Crippen molar-refractivity contribution in [3.8, 4) is 0 Å². The lowest BCUT2D eigenvalue weighted by Gasteiger charge is -2.29. The van der Waals surface area contributed by atoms with Gasteiger partial charge in [0, 0.05) is 20.0 Å². The van der Waals surface area contributed by atoms with Gasteiger partial charge in [0.2, 0.25) is 5.91 Å². The molecule has 1 unspecified atom stereocenters. The van der Waals surface area contributed by atoms with Crippen LogP contribution in [0.3, 0.4) is 0 Å². The zero-order chi connectivity index (χ0) is 16.0. The van der Waals surface area contributed by atoms with Gasteiger partial charge in [-0.2, -0.15) is 0 Å². The third-order valence-electron chi connectivity index (χ3n) is 4.08. The molecule has 0 radical (unpaired) electrons. The number of benzene rings is 1. The van der Waals surface area contributed by atoms with Crippen molar-refractivity contribution in [1.29, 1.82) is 0 Å². The average molecular weight is 327 g/mol. The SMILES string of the molecule is CCc1ccc(C(C)CC(=O)N(C)CC(C)(C)CN)cc1.Cl. The molecule has 4 heteroatoms. The van der Waals surface area contributed by atoms with Gasteiger partial charge < -0.3 is 10.6 Å². The zero-order valence-electron chi connectivity index (χ0n) is 14.6.